The first-order valence-electron chi connectivity index (χ1n) is 8.71. The van der Waals surface area contributed by atoms with Crippen LogP contribution in [0.5, 0.6) is 0 Å². The van der Waals surface area contributed by atoms with Crippen molar-refractivity contribution in [3.8, 4) is 0 Å². The molecule has 2 aromatic rings. The number of fused-ring (bicyclic) bond motifs is 1. The number of rotatable bonds is 8. The Morgan fingerprint density at radius 1 is 1.12 bits per heavy atom. The molecule has 25 heavy (non-hydrogen) atoms. The number of hydrogen-bond donors (Lipinski definition) is 4. The van der Waals surface area contributed by atoms with Crippen LogP contribution in [-0.4, -0.2) is 35.9 Å². The summed E-state index contributed by atoms with van der Waals surface area (Å²) in [6, 6.07) is 13.5. The van der Waals surface area contributed by atoms with Gasteiger partial charge in [-0.15, -0.1) is 0 Å². The molecular formula is C20H28N2O3. The zero-order chi connectivity index (χ0) is 18.3. The van der Waals surface area contributed by atoms with E-state index in [0.717, 1.165) is 29.2 Å². The highest BCUT2D eigenvalue weighted by Gasteiger charge is 2.15. The second-order valence-corrected chi connectivity index (χ2v) is 7.19. The summed E-state index contributed by atoms with van der Waals surface area (Å²) in [6.07, 6.45) is 0.890. The molecular weight excluding hydrogens is 316 g/mol. The minimum absolute atomic E-state index is 0.121. The van der Waals surface area contributed by atoms with Crippen LogP contribution in [0.4, 0.5) is 4.79 Å². The van der Waals surface area contributed by atoms with Crippen molar-refractivity contribution in [3.63, 3.8) is 0 Å². The average molecular weight is 344 g/mol. The molecule has 2 aromatic carbocycles. The third kappa shape index (κ3) is 6.03. The number of aliphatic hydroxyl groups is 2. The Kier molecular flexibility index (Phi) is 6.79. The van der Waals surface area contributed by atoms with E-state index >= 15 is 0 Å². The number of carbonyl (C=O) groups excluding carboxylic acids is 1. The lowest BCUT2D eigenvalue weighted by Crippen LogP contribution is -2.38. The molecule has 0 saturated heterocycles. The summed E-state index contributed by atoms with van der Waals surface area (Å²) in [5.41, 5.74) is 0.661. The lowest BCUT2D eigenvalue weighted by Gasteiger charge is -2.21. The van der Waals surface area contributed by atoms with Gasteiger partial charge in [-0.25, -0.2) is 4.79 Å². The second-order valence-electron chi connectivity index (χ2n) is 7.19. The van der Waals surface area contributed by atoms with Crippen molar-refractivity contribution in [2.75, 3.05) is 19.7 Å². The molecule has 0 spiro atoms. The van der Waals surface area contributed by atoms with E-state index < -0.39 is 6.10 Å². The summed E-state index contributed by atoms with van der Waals surface area (Å²) in [6.45, 7) is 4.82. The van der Waals surface area contributed by atoms with Crippen LogP contribution in [-0.2, 0) is 0 Å². The number of urea groups is 1. The van der Waals surface area contributed by atoms with E-state index in [4.69, 9.17) is 0 Å². The Morgan fingerprint density at radius 2 is 1.84 bits per heavy atom. The second kappa shape index (κ2) is 8.83. The molecule has 0 aliphatic rings. The molecule has 0 aromatic heterocycles. The average Bonchev–Trinajstić information content (AvgIpc) is 2.63. The van der Waals surface area contributed by atoms with E-state index in [9.17, 15) is 15.0 Å². The highest BCUT2D eigenvalue weighted by atomic mass is 16.3. The molecule has 0 aliphatic carbocycles. The molecule has 4 N–H and O–H groups in total. The Balaban J connectivity index is 1.75. The van der Waals surface area contributed by atoms with Gasteiger partial charge in [-0.05, 0) is 40.7 Å². The summed E-state index contributed by atoms with van der Waals surface area (Å²) in [5.74, 6) is 0. The van der Waals surface area contributed by atoms with Crippen LogP contribution in [0.2, 0.25) is 0 Å². The molecule has 136 valence electrons. The van der Waals surface area contributed by atoms with Crippen molar-refractivity contribution in [1.82, 2.24) is 10.6 Å². The lowest BCUT2D eigenvalue weighted by atomic mass is 9.89. The number of carbonyl (C=O) groups is 1. The maximum atomic E-state index is 11.8. The van der Waals surface area contributed by atoms with Gasteiger partial charge in [0.05, 0.1) is 6.10 Å². The molecule has 0 aliphatic heterocycles. The summed E-state index contributed by atoms with van der Waals surface area (Å²) >= 11 is 0. The molecule has 5 heteroatoms. The summed E-state index contributed by atoms with van der Waals surface area (Å²) < 4.78 is 0. The van der Waals surface area contributed by atoms with Crippen LogP contribution in [0.15, 0.2) is 42.5 Å². The molecule has 2 rings (SSSR count). The van der Waals surface area contributed by atoms with E-state index in [1.54, 1.807) is 0 Å². The van der Waals surface area contributed by atoms with Gasteiger partial charge >= 0.3 is 6.03 Å². The van der Waals surface area contributed by atoms with Crippen molar-refractivity contribution in [2.24, 2.45) is 5.41 Å². The first-order valence-corrected chi connectivity index (χ1v) is 8.71. The number of benzene rings is 2. The molecule has 1 unspecified atom stereocenters. The molecule has 0 fully saturated rings. The van der Waals surface area contributed by atoms with Gasteiger partial charge in [0.1, 0.15) is 0 Å². The molecule has 2 amide bonds. The predicted molar refractivity (Wildman–Crippen MR) is 100 cm³/mol. The molecule has 0 bridgehead atoms. The maximum Gasteiger partial charge on any atom is 0.314 e. The van der Waals surface area contributed by atoms with Gasteiger partial charge in [0.25, 0.3) is 0 Å². The van der Waals surface area contributed by atoms with Crippen LogP contribution in [0.1, 0.15) is 38.4 Å². The fourth-order valence-electron chi connectivity index (χ4n) is 2.63. The number of hydrogen-bond acceptors (Lipinski definition) is 3. The van der Waals surface area contributed by atoms with Crippen LogP contribution in [0.25, 0.3) is 10.8 Å². The van der Waals surface area contributed by atoms with Crippen molar-refractivity contribution < 1.29 is 15.0 Å². The maximum absolute atomic E-state index is 11.8. The van der Waals surface area contributed by atoms with Gasteiger partial charge in [0.15, 0.2) is 0 Å². The van der Waals surface area contributed by atoms with Crippen LogP contribution in [0, 0.1) is 5.41 Å². The lowest BCUT2D eigenvalue weighted by molar-refractivity contribution is 0.147. The first-order chi connectivity index (χ1) is 11.9. The van der Waals surface area contributed by atoms with Crippen LogP contribution in [0.3, 0.4) is 0 Å². The van der Waals surface area contributed by atoms with E-state index in [2.05, 4.69) is 10.6 Å². The smallest absolute Gasteiger partial charge is 0.314 e. The number of nitrogens with one attached hydrogen (secondary N) is 2. The van der Waals surface area contributed by atoms with Gasteiger partial charge in [-0.1, -0.05) is 50.2 Å². The highest BCUT2D eigenvalue weighted by molar-refractivity contribution is 5.83. The SMILES string of the molecule is CC(C)(CO)CCCNC(=O)NCC(O)c1ccc2ccccc2c1. The number of amides is 2. The number of aliphatic hydroxyl groups excluding tert-OH is 2. The quantitative estimate of drug-likeness (QED) is 0.556. The standard InChI is InChI=1S/C20H28N2O3/c1-20(2,14-23)10-5-11-21-19(25)22-13-18(24)17-9-8-15-6-3-4-7-16(15)12-17/h3-4,6-9,12,18,23-24H,5,10-11,13-14H2,1-2H3,(H2,21,22,25). The Hall–Kier alpha value is -2.11. The van der Waals surface area contributed by atoms with Crippen molar-refractivity contribution in [1.29, 1.82) is 0 Å². The normalized spacial score (nSPS) is 12.8. The molecule has 0 heterocycles. The third-order valence-corrected chi connectivity index (χ3v) is 4.36. The highest BCUT2D eigenvalue weighted by Crippen LogP contribution is 2.21. The van der Waals surface area contributed by atoms with Gasteiger partial charge in [-0.2, -0.15) is 0 Å². The fraction of sp³-hybridized carbons (Fsp3) is 0.450. The van der Waals surface area contributed by atoms with Crippen LogP contribution < -0.4 is 10.6 Å². The molecule has 1 atom stereocenters. The van der Waals surface area contributed by atoms with E-state index in [-0.39, 0.29) is 24.6 Å². The predicted octanol–water partition coefficient (Wildman–Crippen LogP) is 2.97. The van der Waals surface area contributed by atoms with Gasteiger partial charge in [-0.3, -0.25) is 0 Å². The summed E-state index contributed by atoms with van der Waals surface area (Å²) in [4.78, 5) is 11.8. The van der Waals surface area contributed by atoms with Crippen molar-refractivity contribution in [3.05, 3.63) is 48.0 Å². The third-order valence-electron chi connectivity index (χ3n) is 4.36. The molecule has 5 nitrogen and oxygen atoms in total. The zero-order valence-electron chi connectivity index (χ0n) is 15.0. The zero-order valence-corrected chi connectivity index (χ0v) is 15.0. The fourth-order valence-corrected chi connectivity index (χ4v) is 2.63. The summed E-state index contributed by atoms with van der Waals surface area (Å²) in [7, 11) is 0. The van der Waals surface area contributed by atoms with Crippen molar-refractivity contribution >= 4 is 16.8 Å². The minimum Gasteiger partial charge on any atom is -0.396 e. The largest absolute Gasteiger partial charge is 0.396 e. The van der Waals surface area contributed by atoms with Gasteiger partial charge in [0.2, 0.25) is 0 Å². The monoisotopic (exact) mass is 344 g/mol. The Bertz CT molecular complexity index is 700. The summed E-state index contributed by atoms with van der Waals surface area (Å²) in [5, 5.41) is 27.1. The molecule has 0 radical (unpaired) electrons. The van der Waals surface area contributed by atoms with E-state index in [1.807, 2.05) is 56.3 Å². The Labute approximate surface area is 149 Å². The van der Waals surface area contributed by atoms with E-state index in [1.165, 1.54) is 0 Å². The minimum atomic E-state index is -0.747. The van der Waals surface area contributed by atoms with Gasteiger partial charge in [0, 0.05) is 19.7 Å². The van der Waals surface area contributed by atoms with Crippen LogP contribution >= 0.6 is 0 Å². The van der Waals surface area contributed by atoms with Crippen molar-refractivity contribution in [2.45, 2.75) is 32.8 Å². The topological polar surface area (TPSA) is 81.6 Å². The van der Waals surface area contributed by atoms with E-state index in [0.29, 0.717) is 6.54 Å². The Morgan fingerprint density at radius 3 is 2.56 bits per heavy atom. The molecule has 0 saturated carbocycles. The first kappa shape index (κ1) is 19.2. The van der Waals surface area contributed by atoms with Gasteiger partial charge < -0.3 is 20.8 Å².